The van der Waals surface area contributed by atoms with Crippen LogP contribution in [0.4, 0.5) is 13.2 Å². The zero-order valence-electron chi connectivity index (χ0n) is 10.7. The van der Waals surface area contributed by atoms with Crippen molar-refractivity contribution < 1.29 is 13.2 Å². The number of alkyl halides is 3. The average molecular weight is 260 g/mol. The smallest absolute Gasteiger partial charge is 0.306 e. The molecule has 0 aliphatic carbocycles. The fourth-order valence-corrected chi connectivity index (χ4v) is 1.62. The van der Waals surface area contributed by atoms with Gasteiger partial charge in [0.15, 0.2) is 0 Å². The molecule has 102 valence electrons. The van der Waals surface area contributed by atoms with E-state index in [-0.39, 0.29) is 6.42 Å². The lowest BCUT2D eigenvalue weighted by Gasteiger charge is -2.21. The highest BCUT2D eigenvalue weighted by atomic mass is 19.4. The average Bonchev–Trinajstić information content (AvgIpc) is 2.34. The summed E-state index contributed by atoms with van der Waals surface area (Å²) < 4.78 is 38.4. The molecule has 0 radical (unpaired) electrons. The second-order valence-electron chi connectivity index (χ2n) is 4.26. The molecule has 1 aromatic rings. The molecule has 0 aromatic carbocycles. The van der Waals surface area contributed by atoms with E-state index < -0.39 is 12.2 Å². The molecular weight excluding hydrogens is 241 g/mol. The fourth-order valence-electron chi connectivity index (χ4n) is 1.62. The van der Waals surface area contributed by atoms with E-state index in [1.807, 2.05) is 19.9 Å². The number of hydrogen-bond acceptors (Lipinski definition) is 2. The largest absolute Gasteiger partial charge is 0.404 e. The Hall–Kier alpha value is -1.10. The molecule has 1 rings (SSSR count). The zero-order chi connectivity index (χ0) is 13.6. The summed E-state index contributed by atoms with van der Waals surface area (Å²) in [6.45, 7) is 4.18. The fraction of sp³-hybridized carbons (Fsp3) is 0.615. The molecule has 1 N–H and O–H groups in total. The van der Waals surface area contributed by atoms with Gasteiger partial charge in [0.05, 0.1) is 0 Å². The number of aromatic nitrogens is 1. The second-order valence-corrected chi connectivity index (χ2v) is 4.26. The van der Waals surface area contributed by atoms with Gasteiger partial charge in [-0.15, -0.1) is 0 Å². The maximum absolute atomic E-state index is 12.8. The molecule has 1 aromatic heterocycles. The monoisotopic (exact) mass is 260 g/mol. The van der Waals surface area contributed by atoms with Gasteiger partial charge in [-0.1, -0.05) is 19.9 Å². The predicted molar refractivity (Wildman–Crippen MR) is 65.5 cm³/mol. The van der Waals surface area contributed by atoms with E-state index in [0.29, 0.717) is 18.7 Å². The molecule has 0 amide bonds. The third-order valence-electron chi connectivity index (χ3n) is 2.74. The zero-order valence-corrected chi connectivity index (χ0v) is 10.7. The number of rotatable bonds is 6. The van der Waals surface area contributed by atoms with Crippen molar-refractivity contribution in [2.75, 3.05) is 6.54 Å². The van der Waals surface area contributed by atoms with Gasteiger partial charge in [-0.25, -0.2) is 0 Å². The van der Waals surface area contributed by atoms with Crippen LogP contribution in [0.3, 0.4) is 0 Å². The summed E-state index contributed by atoms with van der Waals surface area (Å²) in [7, 11) is 0. The van der Waals surface area contributed by atoms with Crippen LogP contribution in [-0.2, 0) is 12.8 Å². The van der Waals surface area contributed by atoms with Gasteiger partial charge in [-0.2, -0.15) is 13.2 Å². The van der Waals surface area contributed by atoms with Crippen LogP contribution in [-0.4, -0.2) is 23.7 Å². The number of nitrogens with one attached hydrogen (secondary N) is 1. The van der Waals surface area contributed by atoms with E-state index in [4.69, 9.17) is 0 Å². The molecule has 0 saturated heterocycles. The molecule has 1 unspecified atom stereocenters. The second kappa shape index (κ2) is 6.73. The standard InChI is InChI=1S/C13H19F3N2/c1-3-7-17-12(13(14,15)16)8-11-6-5-10(4-2)9-18-11/h5-6,9,12,17H,3-4,7-8H2,1-2H3. The SMILES string of the molecule is CCCNC(Cc1ccc(CC)cn1)C(F)(F)F. The van der Waals surface area contributed by atoms with Crippen molar-refractivity contribution in [2.45, 2.75) is 45.3 Å². The van der Waals surface area contributed by atoms with E-state index in [0.717, 1.165) is 12.0 Å². The van der Waals surface area contributed by atoms with Gasteiger partial charge in [0, 0.05) is 18.3 Å². The summed E-state index contributed by atoms with van der Waals surface area (Å²) in [6, 6.07) is 1.98. The van der Waals surface area contributed by atoms with Crippen molar-refractivity contribution in [1.29, 1.82) is 0 Å². The summed E-state index contributed by atoms with van der Waals surface area (Å²) in [6.07, 6.45) is -1.20. The third-order valence-corrected chi connectivity index (χ3v) is 2.74. The highest BCUT2D eigenvalue weighted by Crippen LogP contribution is 2.22. The topological polar surface area (TPSA) is 24.9 Å². The van der Waals surface area contributed by atoms with E-state index in [1.165, 1.54) is 0 Å². The van der Waals surface area contributed by atoms with E-state index in [1.54, 1.807) is 12.3 Å². The van der Waals surface area contributed by atoms with Crippen LogP contribution in [0, 0.1) is 0 Å². The van der Waals surface area contributed by atoms with Crippen molar-refractivity contribution in [2.24, 2.45) is 0 Å². The van der Waals surface area contributed by atoms with Gasteiger partial charge in [-0.05, 0) is 31.0 Å². The van der Waals surface area contributed by atoms with Gasteiger partial charge in [0.25, 0.3) is 0 Å². The molecule has 1 heterocycles. The normalized spacial score (nSPS) is 13.6. The molecule has 2 nitrogen and oxygen atoms in total. The van der Waals surface area contributed by atoms with Gasteiger partial charge in [-0.3, -0.25) is 4.98 Å². The summed E-state index contributed by atoms with van der Waals surface area (Å²) in [5.74, 6) is 0. The quantitative estimate of drug-likeness (QED) is 0.850. The number of nitrogens with zero attached hydrogens (tertiary/aromatic N) is 1. The first kappa shape index (κ1) is 15.0. The van der Waals surface area contributed by atoms with Crippen LogP contribution in [0.1, 0.15) is 31.5 Å². The van der Waals surface area contributed by atoms with Crippen LogP contribution >= 0.6 is 0 Å². The Bertz CT molecular complexity index is 346. The van der Waals surface area contributed by atoms with Crippen LogP contribution in [0.2, 0.25) is 0 Å². The van der Waals surface area contributed by atoms with Crippen molar-refractivity contribution in [3.05, 3.63) is 29.6 Å². The van der Waals surface area contributed by atoms with Crippen LogP contribution in [0.5, 0.6) is 0 Å². The third kappa shape index (κ3) is 4.64. The molecule has 0 aliphatic rings. The maximum atomic E-state index is 12.8. The van der Waals surface area contributed by atoms with E-state index in [9.17, 15) is 13.2 Å². The Balaban J connectivity index is 2.69. The van der Waals surface area contributed by atoms with E-state index in [2.05, 4.69) is 10.3 Å². The molecule has 1 atom stereocenters. The Morgan fingerprint density at radius 3 is 2.44 bits per heavy atom. The van der Waals surface area contributed by atoms with Crippen molar-refractivity contribution in [3.8, 4) is 0 Å². The number of aryl methyl sites for hydroxylation is 1. The minimum Gasteiger partial charge on any atom is -0.306 e. The summed E-state index contributed by atoms with van der Waals surface area (Å²) in [5, 5.41) is 2.52. The number of halogens is 3. The van der Waals surface area contributed by atoms with Gasteiger partial charge >= 0.3 is 6.18 Å². The lowest BCUT2D eigenvalue weighted by Crippen LogP contribution is -2.44. The Labute approximate surface area is 106 Å². The molecule has 5 heteroatoms. The molecular formula is C13H19F3N2. The van der Waals surface area contributed by atoms with E-state index >= 15 is 0 Å². The first-order valence-corrected chi connectivity index (χ1v) is 6.21. The first-order valence-electron chi connectivity index (χ1n) is 6.21. The number of pyridine rings is 1. The van der Waals surface area contributed by atoms with Gasteiger partial charge in [0.1, 0.15) is 6.04 Å². The van der Waals surface area contributed by atoms with Crippen LogP contribution in [0.15, 0.2) is 18.3 Å². The molecule has 0 saturated carbocycles. The Kier molecular flexibility index (Phi) is 5.59. The lowest BCUT2D eigenvalue weighted by molar-refractivity contribution is -0.155. The molecule has 0 aliphatic heterocycles. The molecule has 0 spiro atoms. The predicted octanol–water partition coefficient (Wildman–Crippen LogP) is 3.12. The Morgan fingerprint density at radius 1 is 1.28 bits per heavy atom. The highest BCUT2D eigenvalue weighted by Gasteiger charge is 2.39. The maximum Gasteiger partial charge on any atom is 0.404 e. The van der Waals surface area contributed by atoms with Gasteiger partial charge < -0.3 is 5.32 Å². The molecule has 0 fully saturated rings. The highest BCUT2D eigenvalue weighted by molar-refractivity contribution is 5.15. The van der Waals surface area contributed by atoms with Gasteiger partial charge in [0.2, 0.25) is 0 Å². The first-order chi connectivity index (χ1) is 8.47. The van der Waals surface area contributed by atoms with Crippen LogP contribution in [0.25, 0.3) is 0 Å². The molecule has 0 bridgehead atoms. The summed E-state index contributed by atoms with van der Waals surface area (Å²) in [5.41, 5.74) is 1.50. The molecule has 18 heavy (non-hydrogen) atoms. The summed E-state index contributed by atoms with van der Waals surface area (Å²) in [4.78, 5) is 4.07. The summed E-state index contributed by atoms with van der Waals surface area (Å²) >= 11 is 0. The minimum absolute atomic E-state index is 0.118. The number of hydrogen-bond donors (Lipinski definition) is 1. The van der Waals surface area contributed by atoms with Crippen molar-refractivity contribution in [1.82, 2.24) is 10.3 Å². The van der Waals surface area contributed by atoms with Crippen molar-refractivity contribution in [3.63, 3.8) is 0 Å². The van der Waals surface area contributed by atoms with Crippen molar-refractivity contribution >= 4 is 0 Å². The van der Waals surface area contributed by atoms with Crippen LogP contribution < -0.4 is 5.32 Å². The minimum atomic E-state index is -4.24. The Morgan fingerprint density at radius 2 is 2.00 bits per heavy atom. The lowest BCUT2D eigenvalue weighted by atomic mass is 10.1.